The van der Waals surface area contributed by atoms with Crippen LogP contribution in [0.2, 0.25) is 0 Å². The third-order valence-electron chi connectivity index (χ3n) is 1.94. The molecule has 6 nitrogen and oxygen atoms in total. The molecule has 0 aliphatic heterocycles. The van der Waals surface area contributed by atoms with E-state index in [0.717, 1.165) is 0 Å². The van der Waals surface area contributed by atoms with Gasteiger partial charge in [0.05, 0.1) is 0 Å². The Morgan fingerprint density at radius 2 is 1.84 bits per heavy atom. The van der Waals surface area contributed by atoms with Crippen molar-refractivity contribution < 1.29 is 23.9 Å². The van der Waals surface area contributed by atoms with Crippen molar-refractivity contribution in [3.63, 3.8) is 0 Å². The Hall–Kier alpha value is -2.63. The number of benzene rings is 1. The van der Waals surface area contributed by atoms with Crippen LogP contribution in [0.15, 0.2) is 24.4 Å². The van der Waals surface area contributed by atoms with Crippen LogP contribution in [-0.2, 0) is 14.4 Å². The molecule has 1 amide bonds. The number of carbonyl (C=O) groups is 3. The summed E-state index contributed by atoms with van der Waals surface area (Å²) in [5.74, 6) is -0.816. The van der Waals surface area contributed by atoms with Crippen molar-refractivity contribution in [2.75, 3.05) is 0 Å². The first-order chi connectivity index (χ1) is 9.04. The Morgan fingerprint density at radius 3 is 2.42 bits per heavy atom. The molecule has 0 aromatic heterocycles. The molecule has 19 heavy (non-hydrogen) atoms. The van der Waals surface area contributed by atoms with E-state index in [1.807, 2.05) is 0 Å². The second-order valence-electron chi connectivity index (χ2n) is 3.48. The average molecular weight is 263 g/mol. The second kappa shape index (κ2) is 6.95. The largest absolute Gasteiger partial charge is 0.423 e. The van der Waals surface area contributed by atoms with Crippen molar-refractivity contribution in [1.29, 1.82) is 0 Å². The SMILES string of the molecule is CC(=O)Oc1cccc(C=CNC=O)c1OC(C)=O. The Balaban J connectivity index is 3.16. The van der Waals surface area contributed by atoms with E-state index in [-0.39, 0.29) is 11.5 Å². The molecule has 0 unspecified atom stereocenters. The highest BCUT2D eigenvalue weighted by molar-refractivity contribution is 5.77. The minimum atomic E-state index is -0.544. The van der Waals surface area contributed by atoms with E-state index in [1.165, 1.54) is 32.2 Å². The van der Waals surface area contributed by atoms with E-state index < -0.39 is 11.9 Å². The summed E-state index contributed by atoms with van der Waals surface area (Å²) in [6.45, 7) is 2.48. The van der Waals surface area contributed by atoms with Crippen LogP contribution in [0.5, 0.6) is 11.5 Å². The molecule has 0 heterocycles. The first-order valence-electron chi connectivity index (χ1n) is 5.40. The zero-order chi connectivity index (χ0) is 14.3. The number of rotatable bonds is 5. The van der Waals surface area contributed by atoms with Crippen LogP contribution in [0.3, 0.4) is 0 Å². The Morgan fingerprint density at radius 1 is 1.16 bits per heavy atom. The fraction of sp³-hybridized carbons (Fsp3) is 0.154. The number of carbonyl (C=O) groups excluding carboxylic acids is 3. The molecule has 1 rings (SSSR count). The van der Waals surface area contributed by atoms with Gasteiger partial charge in [-0.3, -0.25) is 14.4 Å². The van der Waals surface area contributed by atoms with Crippen molar-refractivity contribution >= 4 is 24.4 Å². The van der Waals surface area contributed by atoms with Gasteiger partial charge in [-0.25, -0.2) is 0 Å². The molecule has 100 valence electrons. The first-order valence-corrected chi connectivity index (χ1v) is 5.40. The molecule has 0 radical (unpaired) electrons. The lowest BCUT2D eigenvalue weighted by molar-refractivity contribution is -0.134. The maximum atomic E-state index is 11.1. The van der Waals surface area contributed by atoms with Gasteiger partial charge < -0.3 is 14.8 Å². The van der Waals surface area contributed by atoms with Crippen LogP contribution < -0.4 is 14.8 Å². The van der Waals surface area contributed by atoms with Gasteiger partial charge in [-0.15, -0.1) is 0 Å². The predicted octanol–water partition coefficient (Wildman–Crippen LogP) is 1.25. The summed E-state index contributed by atoms with van der Waals surface area (Å²) >= 11 is 0. The summed E-state index contributed by atoms with van der Waals surface area (Å²) < 4.78 is 9.98. The fourth-order valence-corrected chi connectivity index (χ4v) is 1.33. The van der Waals surface area contributed by atoms with E-state index in [0.29, 0.717) is 12.0 Å². The van der Waals surface area contributed by atoms with Gasteiger partial charge in [-0.1, -0.05) is 12.1 Å². The van der Waals surface area contributed by atoms with E-state index in [2.05, 4.69) is 5.32 Å². The molecular weight excluding hydrogens is 250 g/mol. The number of para-hydroxylation sites is 1. The molecule has 6 heteroatoms. The highest BCUT2D eigenvalue weighted by Gasteiger charge is 2.13. The monoisotopic (exact) mass is 263 g/mol. The molecule has 1 N–H and O–H groups in total. The van der Waals surface area contributed by atoms with E-state index >= 15 is 0 Å². The lowest BCUT2D eigenvalue weighted by Gasteiger charge is -2.11. The van der Waals surface area contributed by atoms with Crippen molar-refractivity contribution in [2.24, 2.45) is 0 Å². The Labute approximate surface area is 110 Å². The minimum Gasteiger partial charge on any atom is -0.423 e. The van der Waals surface area contributed by atoms with Crippen LogP contribution in [-0.4, -0.2) is 18.3 Å². The van der Waals surface area contributed by atoms with Gasteiger partial charge >= 0.3 is 11.9 Å². The summed E-state index contributed by atoms with van der Waals surface area (Å²) in [6, 6.07) is 4.78. The second-order valence-corrected chi connectivity index (χ2v) is 3.48. The molecule has 0 atom stereocenters. The summed E-state index contributed by atoms with van der Waals surface area (Å²) in [7, 11) is 0. The zero-order valence-electron chi connectivity index (χ0n) is 10.5. The summed E-state index contributed by atoms with van der Waals surface area (Å²) in [5, 5.41) is 2.33. The molecule has 0 aliphatic rings. The quantitative estimate of drug-likeness (QED) is 0.491. The molecule has 0 saturated heterocycles. The van der Waals surface area contributed by atoms with Gasteiger partial charge in [0.1, 0.15) is 0 Å². The van der Waals surface area contributed by atoms with Crippen LogP contribution in [0, 0.1) is 0 Å². The summed E-state index contributed by atoms with van der Waals surface area (Å²) in [6.07, 6.45) is 3.38. The highest BCUT2D eigenvalue weighted by Crippen LogP contribution is 2.32. The van der Waals surface area contributed by atoms with Gasteiger partial charge in [0.25, 0.3) is 0 Å². The fourth-order valence-electron chi connectivity index (χ4n) is 1.33. The van der Waals surface area contributed by atoms with Gasteiger partial charge in [0.15, 0.2) is 11.5 Å². The molecule has 0 saturated carbocycles. The van der Waals surface area contributed by atoms with Crippen molar-refractivity contribution in [3.05, 3.63) is 30.0 Å². The number of ether oxygens (including phenoxy) is 2. The highest BCUT2D eigenvalue weighted by atomic mass is 16.6. The Bertz CT molecular complexity index is 522. The maximum Gasteiger partial charge on any atom is 0.308 e. The maximum absolute atomic E-state index is 11.1. The van der Waals surface area contributed by atoms with Crippen molar-refractivity contribution in [1.82, 2.24) is 5.32 Å². The van der Waals surface area contributed by atoms with E-state index in [9.17, 15) is 14.4 Å². The number of amides is 1. The van der Waals surface area contributed by atoms with Gasteiger partial charge in [-0.05, 0) is 12.1 Å². The first kappa shape index (κ1) is 14.4. The van der Waals surface area contributed by atoms with Crippen molar-refractivity contribution in [3.8, 4) is 11.5 Å². The van der Waals surface area contributed by atoms with E-state index in [4.69, 9.17) is 9.47 Å². The van der Waals surface area contributed by atoms with Crippen LogP contribution in [0.4, 0.5) is 0 Å². The third kappa shape index (κ3) is 4.63. The summed E-state index contributed by atoms with van der Waals surface area (Å²) in [5.41, 5.74) is 0.489. The molecule has 0 aliphatic carbocycles. The molecular formula is C13H13NO5. The average Bonchev–Trinajstić information content (AvgIpc) is 2.32. The molecule has 1 aromatic carbocycles. The molecule has 0 spiro atoms. The molecule has 1 aromatic rings. The number of hydrogen-bond donors (Lipinski definition) is 1. The third-order valence-corrected chi connectivity index (χ3v) is 1.94. The van der Waals surface area contributed by atoms with Gasteiger partial charge in [0, 0.05) is 25.6 Å². The lowest BCUT2D eigenvalue weighted by Crippen LogP contribution is -2.08. The predicted molar refractivity (Wildman–Crippen MR) is 67.3 cm³/mol. The standard InChI is InChI=1S/C13H13NO5/c1-9(16)18-12-5-3-4-11(6-7-14-8-15)13(12)19-10(2)17/h3-8H,1-2H3,(H,14,15). The van der Waals surface area contributed by atoms with Crippen LogP contribution >= 0.6 is 0 Å². The zero-order valence-corrected chi connectivity index (χ0v) is 10.5. The normalized spacial score (nSPS) is 10.0. The van der Waals surface area contributed by atoms with Crippen LogP contribution in [0.1, 0.15) is 19.4 Å². The van der Waals surface area contributed by atoms with Gasteiger partial charge in [-0.2, -0.15) is 0 Å². The van der Waals surface area contributed by atoms with E-state index in [1.54, 1.807) is 12.1 Å². The number of nitrogens with one attached hydrogen (secondary N) is 1. The topological polar surface area (TPSA) is 81.7 Å². The lowest BCUT2D eigenvalue weighted by atomic mass is 10.2. The summed E-state index contributed by atoms with van der Waals surface area (Å²) in [4.78, 5) is 32.2. The van der Waals surface area contributed by atoms with Gasteiger partial charge in [0.2, 0.25) is 6.41 Å². The molecule has 0 bridgehead atoms. The smallest absolute Gasteiger partial charge is 0.308 e. The van der Waals surface area contributed by atoms with Crippen molar-refractivity contribution in [2.45, 2.75) is 13.8 Å². The number of esters is 2. The van der Waals surface area contributed by atoms with Crippen LogP contribution in [0.25, 0.3) is 6.08 Å². The minimum absolute atomic E-state index is 0.120. The Kier molecular flexibility index (Phi) is 5.28. The number of hydrogen-bond acceptors (Lipinski definition) is 5. The molecule has 0 fully saturated rings.